The fraction of sp³-hybridized carbons (Fsp3) is 0.733. The first-order valence-electron chi connectivity index (χ1n) is 7.86. The monoisotopic (exact) mass is 291 g/mol. The molecular weight excluding hydrogens is 266 g/mol. The van der Waals surface area contributed by atoms with Gasteiger partial charge in [0.15, 0.2) is 0 Å². The molecule has 1 unspecified atom stereocenters. The lowest BCUT2D eigenvalue weighted by molar-refractivity contribution is 0.131. The molecule has 21 heavy (non-hydrogen) atoms. The van der Waals surface area contributed by atoms with E-state index in [9.17, 15) is 4.79 Å². The van der Waals surface area contributed by atoms with Gasteiger partial charge in [-0.1, -0.05) is 0 Å². The zero-order valence-corrected chi connectivity index (χ0v) is 13.0. The highest BCUT2D eigenvalue weighted by atomic mass is 16.2. The van der Waals surface area contributed by atoms with Crippen molar-refractivity contribution in [3.05, 3.63) is 18.0 Å². The minimum atomic E-state index is 0.204. The van der Waals surface area contributed by atoms with E-state index >= 15 is 0 Å². The second kappa shape index (κ2) is 6.05. The minimum absolute atomic E-state index is 0.204. The normalized spacial score (nSPS) is 22.0. The maximum Gasteiger partial charge on any atom is 0.320 e. The van der Waals surface area contributed by atoms with E-state index < -0.39 is 0 Å². The third-order valence-corrected chi connectivity index (χ3v) is 4.44. The number of amides is 2. The molecule has 0 radical (unpaired) electrons. The van der Waals surface area contributed by atoms with Gasteiger partial charge in [-0.2, -0.15) is 5.10 Å². The zero-order valence-electron chi connectivity index (χ0n) is 13.0. The van der Waals surface area contributed by atoms with Crippen molar-refractivity contribution in [2.24, 2.45) is 0 Å². The quantitative estimate of drug-likeness (QED) is 0.846. The average molecular weight is 291 g/mol. The van der Waals surface area contributed by atoms with Gasteiger partial charge in [-0.25, -0.2) is 4.79 Å². The topological polar surface area (TPSA) is 44.6 Å². The van der Waals surface area contributed by atoms with Gasteiger partial charge in [0.25, 0.3) is 0 Å². The van der Waals surface area contributed by atoms with E-state index in [0.717, 1.165) is 51.1 Å². The van der Waals surface area contributed by atoms with Crippen molar-refractivity contribution in [2.45, 2.75) is 31.8 Å². The predicted molar refractivity (Wildman–Crippen MR) is 81.0 cm³/mol. The molecule has 0 aromatic carbocycles. The van der Waals surface area contributed by atoms with Crippen LogP contribution in [0.1, 0.15) is 31.0 Å². The summed E-state index contributed by atoms with van der Waals surface area (Å²) in [7, 11) is 4.17. The molecule has 1 aromatic rings. The maximum atomic E-state index is 12.6. The summed E-state index contributed by atoms with van der Waals surface area (Å²) in [5, 5.41) is 4.45. The maximum absolute atomic E-state index is 12.6. The molecule has 1 atom stereocenters. The molecule has 6 nitrogen and oxygen atoms in total. The zero-order chi connectivity index (χ0) is 14.8. The second-order valence-electron chi connectivity index (χ2n) is 6.37. The fourth-order valence-electron chi connectivity index (χ4n) is 3.26. The van der Waals surface area contributed by atoms with Crippen molar-refractivity contribution in [3.63, 3.8) is 0 Å². The summed E-state index contributed by atoms with van der Waals surface area (Å²) in [6.45, 7) is 4.30. The summed E-state index contributed by atoms with van der Waals surface area (Å²) in [5.74, 6) is 0. The van der Waals surface area contributed by atoms with Gasteiger partial charge < -0.3 is 14.7 Å². The molecule has 0 aliphatic carbocycles. The van der Waals surface area contributed by atoms with Crippen LogP contribution in [-0.4, -0.2) is 70.8 Å². The standard InChI is InChI=1S/C15H25N5O/c1-17(2)10-6-14-12-19(11-13-5-7-16-20(13)14)15(21)18-8-3-4-9-18/h5,7,14H,3-4,6,8-12H2,1-2H3. The molecule has 6 heteroatoms. The third kappa shape index (κ3) is 3.05. The highest BCUT2D eigenvalue weighted by Crippen LogP contribution is 2.24. The Hall–Kier alpha value is -1.56. The van der Waals surface area contributed by atoms with E-state index in [1.165, 1.54) is 0 Å². The van der Waals surface area contributed by atoms with Gasteiger partial charge in [0.2, 0.25) is 0 Å². The Morgan fingerprint density at radius 2 is 2.10 bits per heavy atom. The SMILES string of the molecule is CN(C)CCC1CN(C(=O)N2CCCC2)Cc2ccnn21. The van der Waals surface area contributed by atoms with Gasteiger partial charge in [0.05, 0.1) is 18.3 Å². The van der Waals surface area contributed by atoms with Crippen molar-refractivity contribution >= 4 is 6.03 Å². The van der Waals surface area contributed by atoms with Crippen LogP contribution in [0.15, 0.2) is 12.3 Å². The summed E-state index contributed by atoms with van der Waals surface area (Å²) in [6, 6.07) is 2.53. The number of carbonyl (C=O) groups is 1. The Morgan fingerprint density at radius 1 is 1.33 bits per heavy atom. The molecule has 2 aliphatic heterocycles. The van der Waals surface area contributed by atoms with Crippen LogP contribution >= 0.6 is 0 Å². The van der Waals surface area contributed by atoms with Gasteiger partial charge in [0.1, 0.15) is 0 Å². The molecule has 2 amide bonds. The first-order chi connectivity index (χ1) is 10.1. The van der Waals surface area contributed by atoms with Crippen LogP contribution in [0.25, 0.3) is 0 Å². The van der Waals surface area contributed by atoms with Crippen molar-refractivity contribution in [2.75, 3.05) is 40.3 Å². The summed E-state index contributed by atoms with van der Waals surface area (Å²) in [5.41, 5.74) is 1.15. The number of carbonyl (C=O) groups excluding carboxylic acids is 1. The van der Waals surface area contributed by atoms with Crippen LogP contribution in [0.2, 0.25) is 0 Å². The lowest BCUT2D eigenvalue weighted by atomic mass is 10.1. The summed E-state index contributed by atoms with van der Waals surface area (Å²) >= 11 is 0. The fourth-order valence-corrected chi connectivity index (χ4v) is 3.26. The lowest BCUT2D eigenvalue weighted by Crippen LogP contribution is -2.47. The van der Waals surface area contributed by atoms with Gasteiger partial charge in [0, 0.05) is 25.8 Å². The van der Waals surface area contributed by atoms with E-state index in [-0.39, 0.29) is 12.1 Å². The number of hydrogen-bond acceptors (Lipinski definition) is 3. The van der Waals surface area contributed by atoms with Crippen molar-refractivity contribution < 1.29 is 4.79 Å². The molecule has 0 saturated carbocycles. The predicted octanol–water partition coefficient (Wildman–Crippen LogP) is 1.41. The van der Waals surface area contributed by atoms with Gasteiger partial charge in [-0.3, -0.25) is 4.68 Å². The molecule has 1 fully saturated rings. The van der Waals surface area contributed by atoms with E-state index in [1.54, 1.807) is 0 Å². The first kappa shape index (κ1) is 14.4. The van der Waals surface area contributed by atoms with Crippen molar-refractivity contribution in [3.8, 4) is 0 Å². The molecule has 2 aliphatic rings. The molecule has 3 rings (SSSR count). The molecule has 1 aromatic heterocycles. The van der Waals surface area contributed by atoms with Crippen LogP contribution in [-0.2, 0) is 6.54 Å². The Bertz CT molecular complexity index is 492. The number of likely N-dealkylation sites (tertiary alicyclic amines) is 1. The molecule has 0 spiro atoms. The van der Waals surface area contributed by atoms with E-state index in [4.69, 9.17) is 0 Å². The van der Waals surface area contributed by atoms with Gasteiger partial charge in [-0.15, -0.1) is 0 Å². The Labute approximate surface area is 126 Å². The molecule has 3 heterocycles. The lowest BCUT2D eigenvalue weighted by Gasteiger charge is -2.36. The first-order valence-corrected chi connectivity index (χ1v) is 7.86. The average Bonchev–Trinajstić information content (AvgIpc) is 3.14. The van der Waals surface area contributed by atoms with Gasteiger partial charge in [-0.05, 0) is 46.0 Å². The Kier molecular flexibility index (Phi) is 4.14. The largest absolute Gasteiger partial charge is 0.325 e. The van der Waals surface area contributed by atoms with Crippen molar-refractivity contribution in [1.82, 2.24) is 24.5 Å². The third-order valence-electron chi connectivity index (χ3n) is 4.44. The molecule has 1 saturated heterocycles. The van der Waals surface area contributed by atoms with Crippen molar-refractivity contribution in [1.29, 1.82) is 0 Å². The molecule has 0 bridgehead atoms. The Morgan fingerprint density at radius 3 is 2.81 bits per heavy atom. The molecule has 116 valence electrons. The minimum Gasteiger partial charge on any atom is -0.325 e. The van der Waals surface area contributed by atoms with Gasteiger partial charge >= 0.3 is 6.03 Å². The van der Waals surface area contributed by atoms with E-state index in [2.05, 4.69) is 28.8 Å². The highest BCUT2D eigenvalue weighted by Gasteiger charge is 2.31. The van der Waals surface area contributed by atoms with Crippen LogP contribution in [0, 0.1) is 0 Å². The van der Waals surface area contributed by atoms with Crippen LogP contribution in [0.5, 0.6) is 0 Å². The number of fused-ring (bicyclic) bond motifs is 1. The highest BCUT2D eigenvalue weighted by molar-refractivity contribution is 5.74. The summed E-state index contributed by atoms with van der Waals surface area (Å²) < 4.78 is 2.11. The second-order valence-corrected chi connectivity index (χ2v) is 6.37. The summed E-state index contributed by atoms with van der Waals surface area (Å²) in [6.07, 6.45) is 5.15. The molecule has 0 N–H and O–H groups in total. The van der Waals surface area contributed by atoms with Crippen LogP contribution in [0.3, 0.4) is 0 Å². The van der Waals surface area contributed by atoms with Crippen LogP contribution < -0.4 is 0 Å². The number of aromatic nitrogens is 2. The van der Waals surface area contributed by atoms with E-state index in [0.29, 0.717) is 6.54 Å². The number of urea groups is 1. The number of hydrogen-bond donors (Lipinski definition) is 0. The summed E-state index contributed by atoms with van der Waals surface area (Å²) in [4.78, 5) is 18.8. The number of nitrogens with zero attached hydrogens (tertiary/aromatic N) is 5. The van der Waals surface area contributed by atoms with E-state index in [1.807, 2.05) is 22.1 Å². The number of rotatable bonds is 3. The smallest absolute Gasteiger partial charge is 0.320 e. The molecular formula is C15H25N5O. The van der Waals surface area contributed by atoms with Crippen LogP contribution in [0.4, 0.5) is 4.79 Å². The Balaban J connectivity index is 1.72.